The van der Waals surface area contributed by atoms with Crippen LogP contribution in [0.2, 0.25) is 0 Å². The lowest BCUT2D eigenvalue weighted by Crippen LogP contribution is -2.06. The van der Waals surface area contributed by atoms with Gasteiger partial charge in [0, 0.05) is 0 Å². The van der Waals surface area contributed by atoms with E-state index >= 15 is 0 Å². The van der Waals surface area contributed by atoms with Crippen molar-refractivity contribution < 1.29 is 4.74 Å². The first kappa shape index (κ1) is 13.0. The molecule has 1 atom stereocenters. The van der Waals surface area contributed by atoms with Gasteiger partial charge in [-0.2, -0.15) is 0 Å². The van der Waals surface area contributed by atoms with Gasteiger partial charge < -0.3 is 4.74 Å². The Morgan fingerprint density at radius 1 is 1.50 bits per heavy atom. The predicted molar refractivity (Wildman–Crippen MR) is 63.2 cm³/mol. The minimum Gasteiger partial charge on any atom is -0.491 e. The van der Waals surface area contributed by atoms with Crippen LogP contribution in [-0.2, 0) is 4.74 Å². The van der Waals surface area contributed by atoms with Crippen molar-refractivity contribution in [2.75, 3.05) is 0 Å². The summed E-state index contributed by atoms with van der Waals surface area (Å²) in [4.78, 5) is 0. The smallest absolute Gasteiger partial charge is 0.115 e. The highest BCUT2D eigenvalue weighted by atomic mass is 16.5. The maximum atomic E-state index is 5.73. The Balaban J connectivity index is 3.93. The summed E-state index contributed by atoms with van der Waals surface area (Å²) < 4.78 is 5.73. The third-order valence-electron chi connectivity index (χ3n) is 1.98. The lowest BCUT2D eigenvalue weighted by Gasteiger charge is -2.14. The van der Waals surface area contributed by atoms with Gasteiger partial charge in [-0.1, -0.05) is 38.5 Å². The second-order valence-electron chi connectivity index (χ2n) is 3.36. The molecule has 0 aromatic carbocycles. The van der Waals surface area contributed by atoms with E-state index in [9.17, 15) is 0 Å². The zero-order valence-electron chi connectivity index (χ0n) is 9.62. The molecule has 80 valence electrons. The molecule has 0 fully saturated rings. The molecule has 14 heavy (non-hydrogen) atoms. The monoisotopic (exact) mass is 194 g/mol. The van der Waals surface area contributed by atoms with Gasteiger partial charge in [0.2, 0.25) is 0 Å². The van der Waals surface area contributed by atoms with Crippen molar-refractivity contribution in [2.45, 2.75) is 46.1 Å². The van der Waals surface area contributed by atoms with Crippen LogP contribution in [-0.4, -0.2) is 6.10 Å². The quantitative estimate of drug-likeness (QED) is 0.435. The fraction of sp³-hybridized carbons (Fsp3) is 0.538. The number of ether oxygens (including phenoxy) is 1. The lowest BCUT2D eigenvalue weighted by molar-refractivity contribution is 0.130. The Hall–Kier alpha value is -0.980. The summed E-state index contributed by atoms with van der Waals surface area (Å²) in [6, 6.07) is 0. The number of allylic oxidation sites excluding steroid dienone is 4. The molecule has 0 aliphatic carbocycles. The van der Waals surface area contributed by atoms with E-state index in [1.807, 2.05) is 25.2 Å². The molecule has 0 aromatic heterocycles. The van der Waals surface area contributed by atoms with Crippen LogP contribution in [0.1, 0.15) is 40.0 Å². The summed E-state index contributed by atoms with van der Waals surface area (Å²) in [6.07, 6.45) is 11.4. The van der Waals surface area contributed by atoms with Crippen molar-refractivity contribution in [1.29, 1.82) is 0 Å². The van der Waals surface area contributed by atoms with Gasteiger partial charge in [0.05, 0.1) is 6.10 Å². The minimum atomic E-state index is 0.301. The van der Waals surface area contributed by atoms with Crippen LogP contribution >= 0.6 is 0 Å². The molecule has 0 radical (unpaired) electrons. The van der Waals surface area contributed by atoms with E-state index in [-0.39, 0.29) is 0 Å². The van der Waals surface area contributed by atoms with Crippen LogP contribution in [0.5, 0.6) is 0 Å². The first-order valence-corrected chi connectivity index (χ1v) is 5.36. The van der Waals surface area contributed by atoms with E-state index in [4.69, 9.17) is 4.74 Å². The average Bonchev–Trinajstić information content (AvgIpc) is 2.21. The highest BCUT2D eigenvalue weighted by Crippen LogP contribution is 2.10. The fourth-order valence-electron chi connectivity index (χ4n) is 1.15. The summed E-state index contributed by atoms with van der Waals surface area (Å²) >= 11 is 0. The Kier molecular flexibility index (Phi) is 8.01. The summed E-state index contributed by atoms with van der Waals surface area (Å²) in [7, 11) is 0. The molecule has 0 N–H and O–H groups in total. The van der Waals surface area contributed by atoms with Gasteiger partial charge >= 0.3 is 0 Å². The molecule has 1 unspecified atom stereocenters. The van der Waals surface area contributed by atoms with E-state index < -0.39 is 0 Å². The zero-order chi connectivity index (χ0) is 10.8. The Bertz CT molecular complexity index is 201. The second-order valence-corrected chi connectivity index (χ2v) is 3.36. The van der Waals surface area contributed by atoms with Crippen molar-refractivity contribution >= 4 is 0 Å². The average molecular weight is 194 g/mol. The molecule has 1 heteroatoms. The van der Waals surface area contributed by atoms with Gasteiger partial charge in [-0.05, 0) is 32.4 Å². The van der Waals surface area contributed by atoms with Gasteiger partial charge in [0.15, 0.2) is 0 Å². The van der Waals surface area contributed by atoms with Crippen molar-refractivity contribution in [1.82, 2.24) is 0 Å². The van der Waals surface area contributed by atoms with E-state index in [1.165, 1.54) is 12.8 Å². The van der Waals surface area contributed by atoms with E-state index in [2.05, 4.69) is 20.4 Å². The maximum Gasteiger partial charge on any atom is 0.115 e. The first-order valence-electron chi connectivity index (χ1n) is 5.36. The van der Waals surface area contributed by atoms with Crippen LogP contribution in [0.25, 0.3) is 0 Å². The summed E-state index contributed by atoms with van der Waals surface area (Å²) in [5.41, 5.74) is 0. The molecule has 0 bridgehead atoms. The van der Waals surface area contributed by atoms with E-state index in [0.29, 0.717) is 6.10 Å². The number of hydrogen-bond donors (Lipinski definition) is 0. The maximum absolute atomic E-state index is 5.73. The van der Waals surface area contributed by atoms with Crippen LogP contribution in [0.4, 0.5) is 0 Å². The fourth-order valence-corrected chi connectivity index (χ4v) is 1.15. The summed E-state index contributed by atoms with van der Waals surface area (Å²) in [6.45, 7) is 9.91. The number of unbranched alkanes of at least 4 members (excludes halogenated alkanes) is 1. The number of rotatable bonds is 7. The normalized spacial score (nSPS) is 14.4. The zero-order valence-corrected chi connectivity index (χ0v) is 9.62. The van der Waals surface area contributed by atoms with Gasteiger partial charge in [-0.3, -0.25) is 0 Å². The topological polar surface area (TPSA) is 9.23 Å². The molecule has 0 rings (SSSR count). The molecule has 0 heterocycles. The molecule has 0 aliphatic heterocycles. The SMILES string of the molecule is C=C/C=C\C(=C/C)OC(C)CCCC. The molecule has 0 amide bonds. The predicted octanol–water partition coefficient (Wildman–Crippen LogP) is 4.23. The third kappa shape index (κ3) is 6.53. The van der Waals surface area contributed by atoms with Crippen LogP contribution in [0.3, 0.4) is 0 Å². The van der Waals surface area contributed by atoms with Gasteiger partial charge in [-0.25, -0.2) is 0 Å². The Morgan fingerprint density at radius 3 is 2.71 bits per heavy atom. The Labute approximate surface area is 88.2 Å². The molecular weight excluding hydrogens is 172 g/mol. The van der Waals surface area contributed by atoms with E-state index in [1.54, 1.807) is 6.08 Å². The number of hydrogen-bond acceptors (Lipinski definition) is 1. The standard InChI is InChI=1S/C13H22O/c1-5-8-10-12(4)14-13(7-3)11-9-6-2/h6-7,9,11-12H,2,5,8,10H2,1,3-4H3/b11-9-,13-7+. The van der Waals surface area contributed by atoms with Crippen molar-refractivity contribution in [3.8, 4) is 0 Å². The molecule has 0 saturated heterocycles. The summed E-state index contributed by atoms with van der Waals surface area (Å²) in [5.74, 6) is 0.925. The third-order valence-corrected chi connectivity index (χ3v) is 1.98. The van der Waals surface area contributed by atoms with Crippen molar-refractivity contribution in [3.05, 3.63) is 36.6 Å². The summed E-state index contributed by atoms with van der Waals surface area (Å²) in [5, 5.41) is 0. The van der Waals surface area contributed by atoms with Crippen molar-refractivity contribution in [2.24, 2.45) is 0 Å². The molecule has 0 aromatic rings. The van der Waals surface area contributed by atoms with Crippen LogP contribution in [0.15, 0.2) is 36.6 Å². The largest absolute Gasteiger partial charge is 0.491 e. The lowest BCUT2D eigenvalue weighted by atomic mass is 10.2. The molecule has 0 aliphatic rings. The second kappa shape index (κ2) is 8.61. The van der Waals surface area contributed by atoms with Gasteiger partial charge in [0.1, 0.15) is 5.76 Å². The molecule has 0 spiro atoms. The highest BCUT2D eigenvalue weighted by Gasteiger charge is 2.02. The molecule has 1 nitrogen and oxygen atoms in total. The van der Waals surface area contributed by atoms with Crippen LogP contribution in [0, 0.1) is 0 Å². The minimum absolute atomic E-state index is 0.301. The van der Waals surface area contributed by atoms with Gasteiger partial charge in [0.25, 0.3) is 0 Å². The van der Waals surface area contributed by atoms with Gasteiger partial charge in [-0.15, -0.1) is 0 Å². The van der Waals surface area contributed by atoms with Crippen LogP contribution < -0.4 is 0 Å². The highest BCUT2D eigenvalue weighted by molar-refractivity contribution is 5.15. The molecule has 0 saturated carbocycles. The van der Waals surface area contributed by atoms with E-state index in [0.717, 1.165) is 12.2 Å². The first-order chi connectivity index (χ1) is 6.74. The van der Waals surface area contributed by atoms with Crippen molar-refractivity contribution in [3.63, 3.8) is 0 Å². The molecular formula is C13H22O. The Morgan fingerprint density at radius 2 is 2.21 bits per heavy atom.